The Bertz CT molecular complexity index is 760. The molecule has 0 radical (unpaired) electrons. The molecular weight excluding hydrogens is 308 g/mol. The number of nitrogens with two attached hydrogens (primary N) is 1. The molecule has 112 valence electrons. The number of hydrogen-bond acceptors (Lipinski definition) is 4. The third kappa shape index (κ3) is 3.89. The smallest absolute Gasteiger partial charge is 0.175 e. The van der Waals surface area contributed by atoms with Crippen molar-refractivity contribution < 1.29 is 8.42 Å². The Morgan fingerprint density at radius 3 is 2.48 bits per heavy atom. The van der Waals surface area contributed by atoms with Crippen molar-refractivity contribution in [2.75, 3.05) is 23.9 Å². The molecule has 2 aromatic rings. The fourth-order valence-electron chi connectivity index (χ4n) is 2.11. The lowest BCUT2D eigenvalue weighted by Crippen LogP contribution is -2.18. The zero-order valence-corrected chi connectivity index (χ0v) is 13.4. The molecule has 6 heteroatoms. The topological polar surface area (TPSA) is 63.4 Å². The highest BCUT2D eigenvalue weighted by molar-refractivity contribution is 7.90. The van der Waals surface area contributed by atoms with Crippen LogP contribution in [0, 0.1) is 0 Å². The second-order valence-corrected chi connectivity index (χ2v) is 7.43. The fraction of sp³-hybridized carbons (Fsp3) is 0.200. The van der Waals surface area contributed by atoms with Gasteiger partial charge in [0.1, 0.15) is 0 Å². The Morgan fingerprint density at radius 2 is 1.90 bits per heavy atom. The molecule has 0 amide bonds. The summed E-state index contributed by atoms with van der Waals surface area (Å²) in [6, 6.07) is 12.3. The van der Waals surface area contributed by atoms with E-state index in [4.69, 9.17) is 17.3 Å². The Labute approximate surface area is 130 Å². The molecule has 2 rings (SSSR count). The summed E-state index contributed by atoms with van der Waals surface area (Å²) in [5.74, 6) is 0. The lowest BCUT2D eigenvalue weighted by atomic mass is 10.2. The number of hydrogen-bond donors (Lipinski definition) is 1. The van der Waals surface area contributed by atoms with Crippen LogP contribution in [0.4, 0.5) is 11.4 Å². The molecule has 0 aliphatic heterocycles. The standard InChI is InChI=1S/C15H17ClN2O2S/c1-18(10-11-4-3-5-12(16)8-11)15-7-6-13(9-14(15)17)21(2,19)20/h3-9H,10,17H2,1-2H3. The Balaban J connectivity index is 2.26. The molecule has 0 saturated heterocycles. The first-order valence-corrected chi connectivity index (χ1v) is 8.59. The van der Waals surface area contributed by atoms with Crippen molar-refractivity contribution in [1.29, 1.82) is 0 Å². The molecule has 0 aliphatic carbocycles. The van der Waals surface area contributed by atoms with Crippen molar-refractivity contribution >= 4 is 32.8 Å². The van der Waals surface area contributed by atoms with Gasteiger partial charge in [0, 0.05) is 24.9 Å². The SMILES string of the molecule is CN(Cc1cccc(Cl)c1)c1ccc(S(C)(=O)=O)cc1N. The van der Waals surface area contributed by atoms with Crippen molar-refractivity contribution in [2.24, 2.45) is 0 Å². The van der Waals surface area contributed by atoms with E-state index in [9.17, 15) is 8.42 Å². The van der Waals surface area contributed by atoms with Gasteiger partial charge in [-0.2, -0.15) is 0 Å². The molecule has 0 unspecified atom stereocenters. The summed E-state index contributed by atoms with van der Waals surface area (Å²) in [6.07, 6.45) is 1.16. The monoisotopic (exact) mass is 324 g/mol. The highest BCUT2D eigenvalue weighted by atomic mass is 35.5. The van der Waals surface area contributed by atoms with E-state index in [1.165, 1.54) is 6.07 Å². The third-order valence-electron chi connectivity index (χ3n) is 3.15. The van der Waals surface area contributed by atoms with Gasteiger partial charge in [-0.1, -0.05) is 23.7 Å². The molecule has 0 bridgehead atoms. The summed E-state index contributed by atoms with van der Waals surface area (Å²) in [4.78, 5) is 2.17. The molecular formula is C15H17ClN2O2S. The van der Waals surface area contributed by atoms with Crippen molar-refractivity contribution in [3.05, 3.63) is 53.1 Å². The maximum Gasteiger partial charge on any atom is 0.175 e. The van der Waals surface area contributed by atoms with Crippen LogP contribution in [0.3, 0.4) is 0 Å². The average molecular weight is 325 g/mol. The summed E-state index contributed by atoms with van der Waals surface area (Å²) in [6.45, 7) is 0.628. The minimum atomic E-state index is -3.25. The predicted molar refractivity (Wildman–Crippen MR) is 87.5 cm³/mol. The number of nitrogens with zero attached hydrogens (tertiary/aromatic N) is 1. The van der Waals surface area contributed by atoms with E-state index in [1.807, 2.05) is 36.2 Å². The number of rotatable bonds is 4. The van der Waals surface area contributed by atoms with E-state index in [2.05, 4.69) is 0 Å². The predicted octanol–water partition coefficient (Wildman–Crippen LogP) is 2.96. The normalized spacial score (nSPS) is 11.4. The highest BCUT2D eigenvalue weighted by Crippen LogP contribution is 2.27. The third-order valence-corrected chi connectivity index (χ3v) is 4.49. The van der Waals surface area contributed by atoms with Gasteiger partial charge in [0.2, 0.25) is 0 Å². The highest BCUT2D eigenvalue weighted by Gasteiger charge is 2.12. The second kappa shape index (κ2) is 5.95. The summed E-state index contributed by atoms with van der Waals surface area (Å²) in [7, 11) is -1.35. The largest absolute Gasteiger partial charge is 0.397 e. The van der Waals surface area contributed by atoms with Crippen LogP contribution in [0.1, 0.15) is 5.56 Å². The summed E-state index contributed by atoms with van der Waals surface area (Å²) < 4.78 is 23.0. The van der Waals surface area contributed by atoms with E-state index in [1.54, 1.807) is 12.1 Å². The van der Waals surface area contributed by atoms with Gasteiger partial charge in [0.05, 0.1) is 16.3 Å². The second-order valence-electron chi connectivity index (χ2n) is 4.98. The molecule has 0 aromatic heterocycles. The zero-order valence-electron chi connectivity index (χ0n) is 11.9. The molecule has 0 atom stereocenters. The van der Waals surface area contributed by atoms with Crippen LogP contribution in [0.15, 0.2) is 47.4 Å². The Hall–Kier alpha value is -1.72. The van der Waals surface area contributed by atoms with Crippen LogP contribution in [0.2, 0.25) is 5.02 Å². The molecule has 0 aliphatic rings. The van der Waals surface area contributed by atoms with Gasteiger partial charge in [-0.3, -0.25) is 0 Å². The first-order chi connectivity index (χ1) is 9.77. The maximum absolute atomic E-state index is 11.5. The molecule has 2 aromatic carbocycles. The first kappa shape index (κ1) is 15.7. The van der Waals surface area contributed by atoms with E-state index in [0.29, 0.717) is 17.3 Å². The van der Waals surface area contributed by atoms with Gasteiger partial charge in [0.15, 0.2) is 9.84 Å². The van der Waals surface area contributed by atoms with Crippen LogP contribution >= 0.6 is 11.6 Å². The van der Waals surface area contributed by atoms with Crippen molar-refractivity contribution in [3.63, 3.8) is 0 Å². The molecule has 0 fully saturated rings. The fourth-order valence-corrected chi connectivity index (χ4v) is 2.97. The van der Waals surface area contributed by atoms with Crippen LogP contribution in [0.5, 0.6) is 0 Å². The molecule has 2 N–H and O–H groups in total. The van der Waals surface area contributed by atoms with Gasteiger partial charge >= 0.3 is 0 Å². The van der Waals surface area contributed by atoms with Gasteiger partial charge in [-0.05, 0) is 35.9 Å². The van der Waals surface area contributed by atoms with Gasteiger partial charge in [-0.15, -0.1) is 0 Å². The maximum atomic E-state index is 11.5. The number of halogens is 1. The lowest BCUT2D eigenvalue weighted by molar-refractivity contribution is 0.602. The minimum absolute atomic E-state index is 0.222. The average Bonchev–Trinajstić information content (AvgIpc) is 2.37. The summed E-state index contributed by atoms with van der Waals surface area (Å²) in [5.41, 5.74) is 8.24. The first-order valence-electron chi connectivity index (χ1n) is 6.32. The van der Waals surface area contributed by atoms with Gasteiger partial charge < -0.3 is 10.6 Å². The van der Waals surface area contributed by atoms with Crippen LogP contribution in [0.25, 0.3) is 0 Å². The molecule has 0 saturated carbocycles. The van der Waals surface area contributed by atoms with Gasteiger partial charge in [0.25, 0.3) is 0 Å². The van der Waals surface area contributed by atoms with Crippen LogP contribution in [-0.4, -0.2) is 21.7 Å². The molecule has 4 nitrogen and oxygen atoms in total. The van der Waals surface area contributed by atoms with E-state index >= 15 is 0 Å². The van der Waals surface area contributed by atoms with Crippen LogP contribution in [-0.2, 0) is 16.4 Å². The quantitative estimate of drug-likeness (QED) is 0.878. The number of nitrogen functional groups attached to an aromatic ring is 1. The number of sulfone groups is 1. The van der Waals surface area contributed by atoms with Crippen molar-refractivity contribution in [3.8, 4) is 0 Å². The zero-order chi connectivity index (χ0) is 15.6. The molecule has 0 heterocycles. The Morgan fingerprint density at radius 1 is 1.19 bits per heavy atom. The van der Waals surface area contributed by atoms with Crippen molar-refractivity contribution in [2.45, 2.75) is 11.4 Å². The minimum Gasteiger partial charge on any atom is -0.397 e. The lowest BCUT2D eigenvalue weighted by Gasteiger charge is -2.21. The van der Waals surface area contributed by atoms with E-state index < -0.39 is 9.84 Å². The summed E-state index contributed by atoms with van der Waals surface area (Å²) in [5, 5.41) is 0.682. The molecule has 0 spiro atoms. The Kier molecular flexibility index (Phi) is 4.44. The van der Waals surface area contributed by atoms with E-state index in [-0.39, 0.29) is 4.90 Å². The van der Waals surface area contributed by atoms with Crippen LogP contribution < -0.4 is 10.6 Å². The molecule has 21 heavy (non-hydrogen) atoms. The number of benzene rings is 2. The summed E-state index contributed by atoms with van der Waals surface area (Å²) >= 11 is 5.97. The van der Waals surface area contributed by atoms with Gasteiger partial charge in [-0.25, -0.2) is 8.42 Å². The van der Waals surface area contributed by atoms with E-state index in [0.717, 1.165) is 17.5 Å². The van der Waals surface area contributed by atoms with Crippen molar-refractivity contribution in [1.82, 2.24) is 0 Å². The number of anilines is 2.